The monoisotopic (exact) mass is 224 g/mol. The molecule has 2 heteroatoms. The van der Waals surface area contributed by atoms with E-state index in [2.05, 4.69) is 31.2 Å². The second kappa shape index (κ2) is 12.0. The van der Waals surface area contributed by atoms with Crippen LogP contribution in [0.15, 0.2) is 24.3 Å². The van der Waals surface area contributed by atoms with Gasteiger partial charge in [0.25, 0.3) is 0 Å². The van der Waals surface area contributed by atoms with E-state index in [1.807, 2.05) is 0 Å². The lowest BCUT2D eigenvalue weighted by molar-refractivity contribution is -0.137. The van der Waals surface area contributed by atoms with Crippen LogP contribution in [0.2, 0.25) is 0 Å². The number of allylic oxidation sites excluding steroid dienone is 4. The predicted molar refractivity (Wildman–Crippen MR) is 68.5 cm³/mol. The average molecular weight is 224 g/mol. The van der Waals surface area contributed by atoms with E-state index in [1.54, 1.807) is 0 Å². The summed E-state index contributed by atoms with van der Waals surface area (Å²) in [7, 11) is 0. The summed E-state index contributed by atoms with van der Waals surface area (Å²) in [5, 5.41) is 8.42. The van der Waals surface area contributed by atoms with Crippen molar-refractivity contribution in [1.29, 1.82) is 0 Å². The summed E-state index contributed by atoms with van der Waals surface area (Å²) in [5.41, 5.74) is 0. The first-order valence-electron chi connectivity index (χ1n) is 6.29. The fourth-order valence-corrected chi connectivity index (χ4v) is 1.39. The van der Waals surface area contributed by atoms with Crippen LogP contribution in [0.4, 0.5) is 0 Å². The molecule has 0 fully saturated rings. The summed E-state index contributed by atoms with van der Waals surface area (Å²) >= 11 is 0. The van der Waals surface area contributed by atoms with E-state index in [0.717, 1.165) is 19.3 Å². The number of aliphatic carboxylic acids is 1. The molecular weight excluding hydrogens is 200 g/mol. The standard InChI is InChI=1S/C14H24O2/c1-2-3-4-5-6-7-8-9-10-11-12-13-14(15)16/h6-7,9-10H,2-5,8,11-13H2,1H3,(H,15,16). The van der Waals surface area contributed by atoms with Crippen LogP contribution in [0.1, 0.15) is 58.3 Å². The van der Waals surface area contributed by atoms with Crippen LogP contribution in [0.25, 0.3) is 0 Å². The molecule has 0 aliphatic rings. The molecule has 0 aromatic carbocycles. The van der Waals surface area contributed by atoms with Crippen molar-refractivity contribution in [3.63, 3.8) is 0 Å². The van der Waals surface area contributed by atoms with Crippen molar-refractivity contribution in [3.05, 3.63) is 24.3 Å². The highest BCUT2D eigenvalue weighted by Gasteiger charge is 1.92. The third kappa shape index (κ3) is 12.9. The molecule has 0 radical (unpaired) electrons. The molecule has 0 bridgehead atoms. The molecule has 0 rings (SSSR count). The van der Waals surface area contributed by atoms with Crippen molar-refractivity contribution in [3.8, 4) is 0 Å². The largest absolute Gasteiger partial charge is 0.481 e. The lowest BCUT2D eigenvalue weighted by atomic mass is 10.2. The van der Waals surface area contributed by atoms with Crippen LogP contribution in [0.3, 0.4) is 0 Å². The Balaban J connectivity index is 3.23. The lowest BCUT2D eigenvalue weighted by Crippen LogP contribution is -1.92. The maximum Gasteiger partial charge on any atom is 0.303 e. The molecule has 92 valence electrons. The van der Waals surface area contributed by atoms with Gasteiger partial charge in [-0.3, -0.25) is 4.79 Å². The van der Waals surface area contributed by atoms with Gasteiger partial charge in [0.05, 0.1) is 0 Å². The second-order valence-corrected chi connectivity index (χ2v) is 3.96. The normalized spacial score (nSPS) is 11.6. The Labute approximate surface area is 99.1 Å². The zero-order valence-electron chi connectivity index (χ0n) is 10.3. The molecule has 2 nitrogen and oxygen atoms in total. The van der Waals surface area contributed by atoms with Crippen LogP contribution < -0.4 is 0 Å². The van der Waals surface area contributed by atoms with Crippen molar-refractivity contribution in [2.45, 2.75) is 58.3 Å². The molecule has 0 saturated heterocycles. The summed E-state index contributed by atoms with van der Waals surface area (Å²) in [6, 6.07) is 0. The zero-order valence-corrected chi connectivity index (χ0v) is 10.3. The molecule has 0 heterocycles. The van der Waals surface area contributed by atoms with Gasteiger partial charge in [-0.15, -0.1) is 0 Å². The Hall–Kier alpha value is -1.05. The molecule has 0 spiro atoms. The van der Waals surface area contributed by atoms with Crippen molar-refractivity contribution in [2.75, 3.05) is 0 Å². The van der Waals surface area contributed by atoms with Gasteiger partial charge in [-0.2, -0.15) is 0 Å². The van der Waals surface area contributed by atoms with E-state index < -0.39 is 5.97 Å². The molecule has 0 aromatic rings. The smallest absolute Gasteiger partial charge is 0.303 e. The lowest BCUT2D eigenvalue weighted by Gasteiger charge is -1.91. The van der Waals surface area contributed by atoms with Crippen molar-refractivity contribution in [2.24, 2.45) is 0 Å². The highest BCUT2D eigenvalue weighted by atomic mass is 16.4. The van der Waals surface area contributed by atoms with Crippen LogP contribution in [-0.4, -0.2) is 11.1 Å². The van der Waals surface area contributed by atoms with Crippen LogP contribution in [-0.2, 0) is 4.79 Å². The Bertz CT molecular complexity index is 217. The maximum atomic E-state index is 10.2. The molecule has 1 N–H and O–H groups in total. The fraction of sp³-hybridized carbons (Fsp3) is 0.643. The molecule has 0 atom stereocenters. The van der Waals surface area contributed by atoms with Crippen LogP contribution in [0, 0.1) is 0 Å². The fourth-order valence-electron chi connectivity index (χ4n) is 1.39. The van der Waals surface area contributed by atoms with E-state index in [1.165, 1.54) is 25.7 Å². The summed E-state index contributed by atoms with van der Waals surface area (Å²) in [4.78, 5) is 10.2. The Kier molecular flexibility index (Phi) is 11.2. The van der Waals surface area contributed by atoms with Crippen molar-refractivity contribution >= 4 is 5.97 Å². The van der Waals surface area contributed by atoms with Gasteiger partial charge < -0.3 is 5.11 Å². The van der Waals surface area contributed by atoms with Gasteiger partial charge in [0.1, 0.15) is 0 Å². The third-order valence-electron chi connectivity index (χ3n) is 2.34. The predicted octanol–water partition coefficient (Wildman–Crippen LogP) is 4.32. The van der Waals surface area contributed by atoms with E-state index in [9.17, 15) is 4.79 Å². The van der Waals surface area contributed by atoms with E-state index in [0.29, 0.717) is 0 Å². The Morgan fingerprint density at radius 3 is 2.19 bits per heavy atom. The average Bonchev–Trinajstić information content (AvgIpc) is 2.25. The van der Waals surface area contributed by atoms with Crippen LogP contribution in [0.5, 0.6) is 0 Å². The molecule has 0 aliphatic carbocycles. The Morgan fingerprint density at radius 2 is 1.62 bits per heavy atom. The molecule has 0 amide bonds. The number of rotatable bonds is 10. The number of hydrogen-bond donors (Lipinski definition) is 1. The van der Waals surface area contributed by atoms with Crippen molar-refractivity contribution in [1.82, 2.24) is 0 Å². The minimum absolute atomic E-state index is 0.275. The number of hydrogen-bond acceptors (Lipinski definition) is 1. The summed E-state index contributed by atoms with van der Waals surface area (Å²) in [6.45, 7) is 2.21. The highest BCUT2D eigenvalue weighted by Crippen LogP contribution is 2.01. The topological polar surface area (TPSA) is 37.3 Å². The molecule has 0 unspecified atom stereocenters. The second-order valence-electron chi connectivity index (χ2n) is 3.96. The minimum Gasteiger partial charge on any atom is -0.481 e. The molecule has 16 heavy (non-hydrogen) atoms. The first-order valence-corrected chi connectivity index (χ1v) is 6.29. The van der Waals surface area contributed by atoms with Crippen molar-refractivity contribution < 1.29 is 9.90 Å². The highest BCUT2D eigenvalue weighted by molar-refractivity contribution is 5.66. The van der Waals surface area contributed by atoms with Gasteiger partial charge in [-0.25, -0.2) is 0 Å². The first-order chi connectivity index (χ1) is 7.77. The summed E-state index contributed by atoms with van der Waals surface area (Å²) in [5.74, 6) is -0.704. The maximum absolute atomic E-state index is 10.2. The summed E-state index contributed by atoms with van der Waals surface area (Å²) in [6.07, 6.45) is 16.5. The van der Waals surface area contributed by atoms with Gasteiger partial charge in [0, 0.05) is 6.42 Å². The number of carboxylic acid groups (broad SMARTS) is 1. The number of carboxylic acids is 1. The zero-order chi connectivity index (χ0) is 12.1. The van der Waals surface area contributed by atoms with Gasteiger partial charge in [0.15, 0.2) is 0 Å². The van der Waals surface area contributed by atoms with E-state index in [-0.39, 0.29) is 6.42 Å². The van der Waals surface area contributed by atoms with Gasteiger partial charge in [-0.05, 0) is 32.1 Å². The Morgan fingerprint density at radius 1 is 1.00 bits per heavy atom. The van der Waals surface area contributed by atoms with Gasteiger partial charge in [-0.1, -0.05) is 44.1 Å². The quantitative estimate of drug-likeness (QED) is 0.443. The third-order valence-corrected chi connectivity index (χ3v) is 2.34. The van der Waals surface area contributed by atoms with E-state index >= 15 is 0 Å². The SMILES string of the molecule is CCCCCC=CCC=CCCCC(=O)O. The molecule has 0 aromatic heterocycles. The van der Waals surface area contributed by atoms with Crippen LogP contribution >= 0.6 is 0 Å². The summed E-state index contributed by atoms with van der Waals surface area (Å²) < 4.78 is 0. The first kappa shape index (κ1) is 14.9. The minimum atomic E-state index is -0.704. The molecule has 0 saturated carbocycles. The number of carbonyl (C=O) groups is 1. The molecular formula is C14H24O2. The van der Waals surface area contributed by atoms with E-state index in [4.69, 9.17) is 5.11 Å². The van der Waals surface area contributed by atoms with Gasteiger partial charge in [0.2, 0.25) is 0 Å². The molecule has 0 aliphatic heterocycles. The number of unbranched alkanes of at least 4 members (excludes halogenated alkanes) is 4. The van der Waals surface area contributed by atoms with Gasteiger partial charge >= 0.3 is 5.97 Å².